The lowest BCUT2D eigenvalue weighted by molar-refractivity contribution is -0.604. The number of aromatic nitrogens is 5. The molecule has 0 radical (unpaired) electrons. The van der Waals surface area contributed by atoms with Crippen molar-refractivity contribution in [2.24, 2.45) is 5.41 Å². The van der Waals surface area contributed by atoms with Crippen LogP contribution in [0.25, 0.3) is 40.0 Å². The van der Waals surface area contributed by atoms with Crippen LogP contribution in [0.3, 0.4) is 0 Å². The second-order valence-corrected chi connectivity index (χ2v) is 16.8. The molecular weight excluding hydrogens is 574 g/mol. The zero-order valence-corrected chi connectivity index (χ0v) is 30.2. The normalized spacial score (nSPS) is 16.6. The van der Waals surface area contributed by atoms with Crippen molar-refractivity contribution in [3.8, 4) is 40.0 Å². The molecule has 0 amide bonds. The molecule has 0 N–H and O–H groups in total. The molecule has 0 spiro atoms. The van der Waals surface area contributed by atoms with Crippen molar-refractivity contribution in [1.82, 2.24) is 19.9 Å². The molecule has 242 valence electrons. The van der Waals surface area contributed by atoms with E-state index in [2.05, 4.69) is 150 Å². The fraction of sp³-hybridized carbons (Fsp3) is 0.405. The maximum atomic E-state index is 4.97. The fourth-order valence-electron chi connectivity index (χ4n) is 6.71. The van der Waals surface area contributed by atoms with Crippen molar-refractivity contribution in [3.63, 3.8) is 0 Å². The smallest absolute Gasteiger partial charge is 0.247 e. The molecule has 47 heavy (non-hydrogen) atoms. The molecule has 0 bridgehead atoms. The summed E-state index contributed by atoms with van der Waals surface area (Å²) in [5.74, 6) is 2.68. The standard InChI is InChI=1S/C42H49N5/c1-38(2,3)30-18-13-27(14-19-30)35-44-36(28-15-20-31(21-16-28)39(4,5)6)46-37(45-35)29-17-22-34(43-25-29)47-24-23-32-33(26-47)41(9,10)42(11,12)40(32,7)8/h13-23,25-26H,1-12H3. The molecule has 0 fully saturated rings. The number of hydrogen-bond donors (Lipinski definition) is 0. The van der Waals surface area contributed by atoms with Crippen molar-refractivity contribution in [2.45, 2.75) is 105 Å². The first-order valence-electron chi connectivity index (χ1n) is 16.7. The number of nitrogens with zero attached hydrogens (tertiary/aromatic N) is 5. The van der Waals surface area contributed by atoms with E-state index in [9.17, 15) is 0 Å². The first kappa shape index (κ1) is 32.7. The zero-order valence-electron chi connectivity index (χ0n) is 30.2. The summed E-state index contributed by atoms with van der Waals surface area (Å²) in [7, 11) is 0. The van der Waals surface area contributed by atoms with E-state index >= 15 is 0 Å². The predicted molar refractivity (Wildman–Crippen MR) is 192 cm³/mol. The van der Waals surface area contributed by atoms with Crippen LogP contribution < -0.4 is 4.57 Å². The van der Waals surface area contributed by atoms with Crippen molar-refractivity contribution in [1.29, 1.82) is 0 Å². The monoisotopic (exact) mass is 623 g/mol. The van der Waals surface area contributed by atoms with Gasteiger partial charge in [-0.25, -0.2) is 15.0 Å². The Labute approximate surface area is 281 Å². The summed E-state index contributed by atoms with van der Waals surface area (Å²) in [5.41, 5.74) is 8.22. The third kappa shape index (κ3) is 5.58. The Morgan fingerprint density at radius 3 is 1.40 bits per heavy atom. The van der Waals surface area contributed by atoms with Crippen molar-refractivity contribution < 1.29 is 4.57 Å². The lowest BCUT2D eigenvalue weighted by Gasteiger charge is -2.46. The lowest BCUT2D eigenvalue weighted by atomic mass is 9.59. The SMILES string of the molecule is CC(C)(C)c1ccc(-c2nc(-c3ccc(C(C)(C)C)cc3)nc(-c3ccc(-[n+]4[c-]cc5c(c4)C(C)(C)C(C)(C)C5(C)C)nc3)n2)cc1. The van der Waals surface area contributed by atoms with Crippen LogP contribution in [0.15, 0.2) is 79.1 Å². The zero-order chi connectivity index (χ0) is 34.2. The van der Waals surface area contributed by atoms with Crippen LogP contribution in [-0.4, -0.2) is 19.9 Å². The minimum absolute atomic E-state index is 0.00350. The molecular formula is C42H49N5. The molecule has 3 aromatic heterocycles. The summed E-state index contributed by atoms with van der Waals surface area (Å²) in [5, 5.41) is 0. The van der Waals surface area contributed by atoms with E-state index in [0.717, 1.165) is 22.5 Å². The minimum Gasteiger partial charge on any atom is -0.321 e. The molecule has 0 atom stereocenters. The topological polar surface area (TPSA) is 55.4 Å². The molecule has 0 unspecified atom stereocenters. The molecule has 0 saturated heterocycles. The largest absolute Gasteiger partial charge is 0.321 e. The summed E-state index contributed by atoms with van der Waals surface area (Å²) in [6.07, 6.45) is 7.56. The van der Waals surface area contributed by atoms with E-state index in [4.69, 9.17) is 19.9 Å². The first-order valence-corrected chi connectivity index (χ1v) is 16.7. The number of hydrogen-bond acceptors (Lipinski definition) is 4. The van der Waals surface area contributed by atoms with Gasteiger partial charge < -0.3 is 4.57 Å². The summed E-state index contributed by atoms with van der Waals surface area (Å²) in [4.78, 5) is 19.8. The van der Waals surface area contributed by atoms with Gasteiger partial charge in [-0.3, -0.25) is 0 Å². The van der Waals surface area contributed by atoms with Crippen LogP contribution in [0.5, 0.6) is 0 Å². The van der Waals surface area contributed by atoms with Gasteiger partial charge in [0.25, 0.3) is 0 Å². The highest BCUT2D eigenvalue weighted by Gasteiger charge is 2.54. The number of rotatable bonds is 4. The molecule has 3 heterocycles. The Morgan fingerprint density at radius 1 is 0.553 bits per heavy atom. The molecule has 6 rings (SSSR count). The Morgan fingerprint density at radius 2 is 0.979 bits per heavy atom. The van der Waals surface area contributed by atoms with Crippen LogP contribution in [0.4, 0.5) is 0 Å². The van der Waals surface area contributed by atoms with E-state index in [1.807, 2.05) is 22.9 Å². The van der Waals surface area contributed by atoms with Gasteiger partial charge in [0.1, 0.15) is 6.20 Å². The van der Waals surface area contributed by atoms with Crippen LogP contribution >= 0.6 is 0 Å². The van der Waals surface area contributed by atoms with Crippen LogP contribution in [0.1, 0.15) is 105 Å². The average Bonchev–Trinajstić information content (AvgIpc) is 3.13. The Kier molecular flexibility index (Phi) is 7.58. The van der Waals surface area contributed by atoms with E-state index < -0.39 is 0 Å². The Balaban J connectivity index is 1.40. The quantitative estimate of drug-likeness (QED) is 0.148. The molecule has 5 nitrogen and oxygen atoms in total. The van der Waals surface area contributed by atoms with Crippen LogP contribution in [0.2, 0.25) is 0 Å². The summed E-state index contributed by atoms with van der Waals surface area (Å²) >= 11 is 0. The van der Waals surface area contributed by atoms with Gasteiger partial charge >= 0.3 is 0 Å². The second-order valence-electron chi connectivity index (χ2n) is 16.8. The Bertz CT molecular complexity index is 1860. The molecule has 5 aromatic rings. The number of benzene rings is 2. The fourth-order valence-corrected chi connectivity index (χ4v) is 6.71. The maximum absolute atomic E-state index is 4.97. The Hall–Kier alpha value is -4.25. The highest BCUT2D eigenvalue weighted by molar-refractivity contribution is 5.66. The minimum atomic E-state index is -0.00350. The van der Waals surface area contributed by atoms with Crippen molar-refractivity contribution in [2.75, 3.05) is 0 Å². The van der Waals surface area contributed by atoms with Gasteiger partial charge in [-0.1, -0.05) is 142 Å². The molecule has 2 aromatic carbocycles. The van der Waals surface area contributed by atoms with Crippen LogP contribution in [0, 0.1) is 11.6 Å². The first-order chi connectivity index (χ1) is 21.8. The predicted octanol–water partition coefficient (Wildman–Crippen LogP) is 9.53. The molecule has 0 saturated carbocycles. The van der Waals surface area contributed by atoms with Gasteiger partial charge in [0.05, 0.1) is 5.56 Å². The summed E-state index contributed by atoms with van der Waals surface area (Å²) < 4.78 is 2.01. The van der Waals surface area contributed by atoms with Gasteiger partial charge in [-0.05, 0) is 50.3 Å². The highest BCUT2D eigenvalue weighted by atomic mass is 15.1. The van der Waals surface area contributed by atoms with Crippen LogP contribution in [-0.2, 0) is 21.7 Å². The summed E-state index contributed by atoms with van der Waals surface area (Å²) in [6.45, 7) is 27.5. The molecule has 5 heteroatoms. The average molecular weight is 624 g/mol. The lowest BCUT2D eigenvalue weighted by Crippen LogP contribution is -2.42. The van der Waals surface area contributed by atoms with E-state index in [1.165, 1.54) is 22.3 Å². The second kappa shape index (κ2) is 10.9. The van der Waals surface area contributed by atoms with Gasteiger partial charge in [-0.2, -0.15) is 0 Å². The highest BCUT2D eigenvalue weighted by Crippen LogP contribution is 2.61. The van der Waals surface area contributed by atoms with E-state index in [0.29, 0.717) is 17.5 Å². The van der Waals surface area contributed by atoms with Gasteiger partial charge in [-0.15, -0.1) is 11.6 Å². The molecule has 0 aliphatic heterocycles. The molecule has 1 aliphatic carbocycles. The van der Waals surface area contributed by atoms with Gasteiger partial charge in [0, 0.05) is 23.5 Å². The van der Waals surface area contributed by atoms with Crippen molar-refractivity contribution >= 4 is 0 Å². The summed E-state index contributed by atoms with van der Waals surface area (Å²) in [6, 6.07) is 23.3. The van der Waals surface area contributed by atoms with Gasteiger partial charge in [0.15, 0.2) is 17.5 Å². The van der Waals surface area contributed by atoms with Crippen molar-refractivity contribution in [3.05, 3.63) is 108 Å². The third-order valence-electron chi connectivity index (χ3n) is 11.3. The number of fused-ring (bicyclic) bond motifs is 1. The van der Waals surface area contributed by atoms with E-state index in [1.54, 1.807) is 0 Å². The number of pyridine rings is 2. The van der Waals surface area contributed by atoms with Gasteiger partial charge in [0.2, 0.25) is 5.82 Å². The molecule has 1 aliphatic rings. The maximum Gasteiger partial charge on any atom is 0.247 e. The third-order valence-corrected chi connectivity index (χ3v) is 11.3. The van der Waals surface area contributed by atoms with E-state index in [-0.39, 0.29) is 27.1 Å².